The van der Waals surface area contributed by atoms with Crippen molar-refractivity contribution in [1.82, 2.24) is 10.6 Å². The van der Waals surface area contributed by atoms with Gasteiger partial charge < -0.3 is 20.1 Å². The lowest BCUT2D eigenvalue weighted by molar-refractivity contribution is 0.195. The highest BCUT2D eigenvalue weighted by atomic mass is 19.1. The fourth-order valence-electron chi connectivity index (χ4n) is 1.68. The van der Waals surface area contributed by atoms with Crippen molar-refractivity contribution in [3.63, 3.8) is 0 Å². The van der Waals surface area contributed by atoms with Gasteiger partial charge in [-0.3, -0.25) is 4.99 Å². The lowest BCUT2D eigenvalue weighted by atomic mass is 10.3. The van der Waals surface area contributed by atoms with E-state index in [1.165, 1.54) is 6.07 Å². The molecule has 1 aromatic carbocycles. The van der Waals surface area contributed by atoms with Crippen LogP contribution in [0.1, 0.15) is 13.3 Å². The Morgan fingerprint density at radius 2 is 2.10 bits per heavy atom. The largest absolute Gasteiger partial charge is 0.486 e. The molecule has 0 saturated heterocycles. The van der Waals surface area contributed by atoms with Crippen LogP contribution in [-0.2, 0) is 4.74 Å². The molecule has 0 aliphatic rings. The topological polar surface area (TPSA) is 54.9 Å². The zero-order chi connectivity index (χ0) is 15.5. The van der Waals surface area contributed by atoms with Gasteiger partial charge in [0.25, 0.3) is 0 Å². The van der Waals surface area contributed by atoms with Gasteiger partial charge in [0, 0.05) is 27.3 Å². The minimum absolute atomic E-state index is 0.181. The van der Waals surface area contributed by atoms with Gasteiger partial charge in [-0.2, -0.15) is 0 Å². The van der Waals surface area contributed by atoms with E-state index in [9.17, 15) is 4.39 Å². The van der Waals surface area contributed by atoms with Crippen molar-refractivity contribution in [3.8, 4) is 5.75 Å². The number of aliphatic imine (C=N–C) groups is 1. The van der Waals surface area contributed by atoms with Gasteiger partial charge in [-0.1, -0.05) is 12.1 Å². The maximum Gasteiger partial charge on any atom is 0.191 e. The van der Waals surface area contributed by atoms with E-state index < -0.39 is 0 Å². The Bertz CT molecular complexity index is 441. The lowest BCUT2D eigenvalue weighted by Gasteiger charge is -2.18. The third-order valence-corrected chi connectivity index (χ3v) is 2.76. The molecule has 0 aliphatic carbocycles. The van der Waals surface area contributed by atoms with Crippen LogP contribution in [0.25, 0.3) is 0 Å². The summed E-state index contributed by atoms with van der Waals surface area (Å²) < 4.78 is 24.0. The fraction of sp³-hybridized carbons (Fsp3) is 0.533. The Labute approximate surface area is 125 Å². The van der Waals surface area contributed by atoms with Crippen LogP contribution in [-0.4, -0.2) is 45.9 Å². The molecule has 0 fully saturated rings. The molecule has 0 bridgehead atoms. The zero-order valence-electron chi connectivity index (χ0n) is 12.9. The van der Waals surface area contributed by atoms with Crippen molar-refractivity contribution in [2.24, 2.45) is 4.99 Å². The van der Waals surface area contributed by atoms with Crippen molar-refractivity contribution in [3.05, 3.63) is 30.1 Å². The molecule has 21 heavy (non-hydrogen) atoms. The predicted octanol–water partition coefficient (Wildman–Crippen LogP) is 1.79. The average molecular weight is 297 g/mol. The van der Waals surface area contributed by atoms with Crippen LogP contribution in [0.15, 0.2) is 29.3 Å². The molecular weight excluding hydrogens is 273 g/mol. The van der Waals surface area contributed by atoms with Crippen molar-refractivity contribution < 1.29 is 13.9 Å². The standard InChI is InChI=1S/C15H24FN3O2/c1-12(21-14-8-5-4-7-13(14)16)11-19-15(17-2)18-9-6-10-20-3/h4-5,7-8,12H,6,9-11H2,1-3H3,(H2,17,18,19). The van der Waals surface area contributed by atoms with Crippen molar-refractivity contribution >= 4 is 5.96 Å². The monoisotopic (exact) mass is 297 g/mol. The maximum absolute atomic E-state index is 13.5. The third kappa shape index (κ3) is 6.94. The second-order valence-electron chi connectivity index (χ2n) is 4.59. The summed E-state index contributed by atoms with van der Waals surface area (Å²) in [6, 6.07) is 6.38. The molecule has 0 amide bonds. The van der Waals surface area contributed by atoms with Crippen LogP contribution in [0.3, 0.4) is 0 Å². The first-order valence-electron chi connectivity index (χ1n) is 7.02. The van der Waals surface area contributed by atoms with Crippen LogP contribution >= 0.6 is 0 Å². The Balaban J connectivity index is 2.31. The van der Waals surface area contributed by atoms with Gasteiger partial charge in [-0.25, -0.2) is 4.39 Å². The molecule has 1 rings (SSSR count). The summed E-state index contributed by atoms with van der Waals surface area (Å²) in [6.07, 6.45) is 0.720. The number of benzene rings is 1. The number of methoxy groups -OCH3 is 1. The van der Waals surface area contributed by atoms with E-state index in [-0.39, 0.29) is 17.7 Å². The van der Waals surface area contributed by atoms with Crippen LogP contribution < -0.4 is 15.4 Å². The Kier molecular flexibility index (Phi) is 8.19. The van der Waals surface area contributed by atoms with Gasteiger partial charge in [-0.05, 0) is 25.5 Å². The number of nitrogens with one attached hydrogen (secondary N) is 2. The molecular formula is C15H24FN3O2. The van der Waals surface area contributed by atoms with Crippen LogP contribution in [0, 0.1) is 5.82 Å². The molecule has 0 spiro atoms. The number of nitrogens with zero attached hydrogens (tertiary/aromatic N) is 1. The Morgan fingerprint density at radius 3 is 2.76 bits per heavy atom. The molecule has 0 radical (unpaired) electrons. The van der Waals surface area contributed by atoms with Gasteiger partial charge in [0.2, 0.25) is 0 Å². The Morgan fingerprint density at radius 1 is 1.33 bits per heavy atom. The first-order valence-corrected chi connectivity index (χ1v) is 7.02. The van der Waals surface area contributed by atoms with E-state index in [1.807, 2.05) is 6.92 Å². The van der Waals surface area contributed by atoms with E-state index in [0.717, 1.165) is 13.0 Å². The average Bonchev–Trinajstić information content (AvgIpc) is 2.49. The first-order chi connectivity index (χ1) is 10.2. The number of guanidine groups is 1. The first kappa shape index (κ1) is 17.2. The van der Waals surface area contributed by atoms with E-state index in [2.05, 4.69) is 15.6 Å². The minimum atomic E-state index is -0.355. The Hall–Kier alpha value is -1.82. The predicted molar refractivity (Wildman–Crippen MR) is 82.3 cm³/mol. The molecule has 5 nitrogen and oxygen atoms in total. The van der Waals surface area contributed by atoms with E-state index in [0.29, 0.717) is 19.1 Å². The summed E-state index contributed by atoms with van der Waals surface area (Å²) in [5.74, 6) is 0.594. The molecule has 0 saturated carbocycles. The molecule has 0 aliphatic heterocycles. The zero-order valence-corrected chi connectivity index (χ0v) is 12.9. The number of hydrogen-bond donors (Lipinski definition) is 2. The van der Waals surface area contributed by atoms with E-state index in [4.69, 9.17) is 9.47 Å². The van der Waals surface area contributed by atoms with E-state index in [1.54, 1.807) is 32.4 Å². The second-order valence-corrected chi connectivity index (χ2v) is 4.59. The molecule has 118 valence electrons. The lowest BCUT2D eigenvalue weighted by Crippen LogP contribution is -2.42. The second kappa shape index (κ2) is 9.99. The molecule has 1 atom stereocenters. The number of ether oxygens (including phenoxy) is 2. The van der Waals surface area contributed by atoms with Gasteiger partial charge in [-0.15, -0.1) is 0 Å². The molecule has 1 aromatic rings. The highest BCUT2D eigenvalue weighted by molar-refractivity contribution is 5.79. The number of halogens is 1. The maximum atomic E-state index is 13.5. The van der Waals surface area contributed by atoms with E-state index >= 15 is 0 Å². The third-order valence-electron chi connectivity index (χ3n) is 2.76. The van der Waals surface area contributed by atoms with Gasteiger partial charge >= 0.3 is 0 Å². The molecule has 6 heteroatoms. The van der Waals surface area contributed by atoms with Gasteiger partial charge in [0.1, 0.15) is 6.10 Å². The van der Waals surface area contributed by atoms with Crippen LogP contribution in [0.2, 0.25) is 0 Å². The summed E-state index contributed by atoms with van der Waals surface area (Å²) in [4.78, 5) is 4.11. The highest BCUT2D eigenvalue weighted by Crippen LogP contribution is 2.16. The van der Waals surface area contributed by atoms with Crippen molar-refractivity contribution in [2.45, 2.75) is 19.4 Å². The summed E-state index contributed by atoms with van der Waals surface area (Å²) in [5.41, 5.74) is 0. The summed E-state index contributed by atoms with van der Waals surface area (Å²) in [7, 11) is 3.38. The smallest absolute Gasteiger partial charge is 0.191 e. The summed E-state index contributed by atoms with van der Waals surface area (Å²) in [5, 5.41) is 6.30. The molecule has 0 heterocycles. The molecule has 1 unspecified atom stereocenters. The van der Waals surface area contributed by atoms with Gasteiger partial charge in [0.15, 0.2) is 17.5 Å². The SMILES string of the molecule is CN=C(NCCCOC)NCC(C)Oc1ccccc1F. The minimum Gasteiger partial charge on any atom is -0.486 e. The fourth-order valence-corrected chi connectivity index (χ4v) is 1.68. The number of hydrogen-bond acceptors (Lipinski definition) is 3. The summed E-state index contributed by atoms with van der Waals surface area (Å²) in [6.45, 7) is 3.88. The molecule has 2 N–H and O–H groups in total. The van der Waals surface area contributed by atoms with Crippen molar-refractivity contribution in [2.75, 3.05) is 33.9 Å². The summed E-state index contributed by atoms with van der Waals surface area (Å²) >= 11 is 0. The molecule has 0 aromatic heterocycles. The van der Waals surface area contributed by atoms with Crippen LogP contribution in [0.5, 0.6) is 5.75 Å². The highest BCUT2D eigenvalue weighted by Gasteiger charge is 2.08. The van der Waals surface area contributed by atoms with Crippen molar-refractivity contribution in [1.29, 1.82) is 0 Å². The number of rotatable bonds is 8. The number of para-hydroxylation sites is 1. The quantitative estimate of drug-likeness (QED) is 0.436. The normalized spacial score (nSPS) is 12.9. The van der Waals surface area contributed by atoms with Gasteiger partial charge in [0.05, 0.1) is 6.54 Å². The van der Waals surface area contributed by atoms with Crippen LogP contribution in [0.4, 0.5) is 4.39 Å².